The van der Waals surface area contributed by atoms with Crippen molar-refractivity contribution < 1.29 is 9.53 Å². The lowest BCUT2D eigenvalue weighted by molar-refractivity contribution is -0.150. The molecule has 0 aliphatic rings. The normalized spacial score (nSPS) is 13.5. The highest BCUT2D eigenvalue weighted by Crippen LogP contribution is 2.46. The molecule has 0 fully saturated rings. The molecule has 0 heterocycles. The number of nitrogens with one attached hydrogen (secondary N) is 1. The molecule has 176 valence electrons. The second-order valence-corrected chi connectivity index (χ2v) is 13.3. The molecule has 0 unspecified atom stereocenters. The Kier molecular flexibility index (Phi) is 8.10. The molecule has 34 heavy (non-hydrogen) atoms. The molecular weight excluding hydrogens is 459 g/mol. The average Bonchev–Trinajstić information content (AvgIpc) is 2.84. The van der Waals surface area contributed by atoms with E-state index < -0.39 is 17.7 Å². The third kappa shape index (κ3) is 5.31. The summed E-state index contributed by atoms with van der Waals surface area (Å²) >= 11 is 6.37. The van der Waals surface area contributed by atoms with E-state index in [1.807, 2.05) is 84.9 Å². The standard InChI is InChI=1S/C28H31N2O2PS/c1-5-32-26(31)28(20-21-29,23-18-16-22(17-19-23)27(2,3)4)30-33(34,24-12-8-6-9-13-24)25-14-10-7-11-15-25/h6-19H,5,20H2,1-4H3,(H,30,34)/t28-/m1/s1. The van der Waals surface area contributed by atoms with Gasteiger partial charge in [0, 0.05) is 10.6 Å². The van der Waals surface area contributed by atoms with E-state index in [-0.39, 0.29) is 18.4 Å². The van der Waals surface area contributed by atoms with Crippen molar-refractivity contribution in [3.8, 4) is 6.07 Å². The van der Waals surface area contributed by atoms with Gasteiger partial charge in [-0.25, -0.2) is 4.79 Å². The molecule has 1 atom stereocenters. The van der Waals surface area contributed by atoms with E-state index >= 15 is 0 Å². The Labute approximate surface area is 208 Å². The molecule has 3 aromatic carbocycles. The fourth-order valence-electron chi connectivity index (χ4n) is 3.89. The van der Waals surface area contributed by atoms with Crippen molar-refractivity contribution in [1.29, 1.82) is 5.26 Å². The second-order valence-electron chi connectivity index (χ2n) is 9.18. The van der Waals surface area contributed by atoms with E-state index in [1.54, 1.807) is 6.92 Å². The van der Waals surface area contributed by atoms with Gasteiger partial charge in [0.05, 0.1) is 25.3 Å². The van der Waals surface area contributed by atoms with Gasteiger partial charge < -0.3 is 4.74 Å². The summed E-state index contributed by atoms with van der Waals surface area (Å²) in [7, 11) is 0. The van der Waals surface area contributed by atoms with E-state index in [0.29, 0.717) is 5.56 Å². The van der Waals surface area contributed by atoms with Crippen LogP contribution in [0.4, 0.5) is 0 Å². The predicted molar refractivity (Wildman–Crippen MR) is 143 cm³/mol. The Hall–Kier alpha value is -2.77. The SMILES string of the molecule is CCOC(=O)[C@](CC#N)(NP(=S)(c1ccccc1)c1ccccc1)c1ccc(C(C)(C)C)cc1. The van der Waals surface area contributed by atoms with Crippen LogP contribution in [0.1, 0.15) is 45.2 Å². The number of hydrogen-bond donors (Lipinski definition) is 1. The summed E-state index contributed by atoms with van der Waals surface area (Å²) in [5, 5.41) is 15.3. The third-order valence-corrected chi connectivity index (χ3v) is 10.1. The number of carbonyl (C=O) groups excluding carboxylic acids is 1. The molecule has 0 aliphatic heterocycles. The average molecular weight is 491 g/mol. The van der Waals surface area contributed by atoms with Crippen LogP contribution in [-0.4, -0.2) is 12.6 Å². The van der Waals surface area contributed by atoms with Crippen molar-refractivity contribution in [3.05, 3.63) is 96.1 Å². The summed E-state index contributed by atoms with van der Waals surface area (Å²) in [5.74, 6) is -0.499. The highest BCUT2D eigenvalue weighted by Gasteiger charge is 2.46. The highest BCUT2D eigenvalue weighted by molar-refractivity contribution is 8.21. The van der Waals surface area contributed by atoms with Crippen molar-refractivity contribution in [2.75, 3.05) is 6.61 Å². The van der Waals surface area contributed by atoms with Crippen molar-refractivity contribution in [2.45, 2.75) is 45.1 Å². The van der Waals surface area contributed by atoms with Gasteiger partial charge in [-0.2, -0.15) is 5.26 Å². The topological polar surface area (TPSA) is 62.1 Å². The Morgan fingerprint density at radius 1 is 0.912 bits per heavy atom. The molecule has 6 heteroatoms. The monoisotopic (exact) mass is 490 g/mol. The Bertz CT molecular complexity index is 1160. The number of esters is 1. The predicted octanol–water partition coefficient (Wildman–Crippen LogP) is 5.29. The van der Waals surface area contributed by atoms with Crippen molar-refractivity contribution in [1.82, 2.24) is 5.09 Å². The maximum Gasteiger partial charge on any atom is 0.332 e. The lowest BCUT2D eigenvalue weighted by atomic mass is 9.83. The molecule has 0 aromatic heterocycles. The minimum atomic E-state index is -2.73. The first kappa shape index (κ1) is 25.8. The number of rotatable bonds is 8. The quantitative estimate of drug-likeness (QED) is 0.343. The van der Waals surface area contributed by atoms with E-state index in [9.17, 15) is 10.1 Å². The zero-order valence-corrected chi connectivity index (χ0v) is 21.8. The highest BCUT2D eigenvalue weighted by atomic mass is 32.4. The number of ether oxygens (including phenoxy) is 1. The van der Waals surface area contributed by atoms with E-state index in [2.05, 4.69) is 31.9 Å². The second kappa shape index (κ2) is 10.7. The lowest BCUT2D eigenvalue weighted by Gasteiger charge is -2.38. The Morgan fingerprint density at radius 2 is 1.38 bits per heavy atom. The minimum Gasteiger partial charge on any atom is -0.464 e. The summed E-state index contributed by atoms with van der Waals surface area (Å²) in [6.45, 7) is 8.38. The number of hydrogen-bond acceptors (Lipinski definition) is 4. The molecule has 0 aliphatic carbocycles. The Balaban J connectivity index is 2.25. The van der Waals surface area contributed by atoms with Gasteiger partial charge in [0.25, 0.3) is 0 Å². The lowest BCUT2D eigenvalue weighted by Crippen LogP contribution is -2.51. The summed E-state index contributed by atoms with van der Waals surface area (Å²) in [6, 6.07) is 29.6. The van der Waals surface area contributed by atoms with Gasteiger partial charge in [-0.05, 0) is 23.5 Å². The minimum absolute atomic E-state index is 0.0450. The van der Waals surface area contributed by atoms with Gasteiger partial charge >= 0.3 is 5.97 Å². The maximum atomic E-state index is 13.6. The molecule has 3 rings (SSSR count). The van der Waals surface area contributed by atoms with Crippen LogP contribution < -0.4 is 15.7 Å². The molecule has 0 bridgehead atoms. The van der Waals surface area contributed by atoms with E-state index in [4.69, 9.17) is 16.5 Å². The van der Waals surface area contributed by atoms with E-state index in [1.165, 1.54) is 0 Å². The van der Waals surface area contributed by atoms with E-state index in [0.717, 1.165) is 16.2 Å². The van der Waals surface area contributed by atoms with Gasteiger partial charge in [-0.1, -0.05) is 118 Å². The van der Waals surface area contributed by atoms with Gasteiger partial charge in [0.1, 0.15) is 0 Å². The van der Waals surface area contributed by atoms with Crippen molar-refractivity contribution in [3.63, 3.8) is 0 Å². The fourth-order valence-corrected chi connectivity index (χ4v) is 7.67. The fraction of sp³-hybridized carbons (Fsp3) is 0.286. The first-order valence-electron chi connectivity index (χ1n) is 11.3. The van der Waals surface area contributed by atoms with Crippen LogP contribution in [0.5, 0.6) is 0 Å². The first-order chi connectivity index (χ1) is 16.2. The van der Waals surface area contributed by atoms with Gasteiger partial charge in [-0.3, -0.25) is 5.09 Å². The smallest absolute Gasteiger partial charge is 0.332 e. The summed E-state index contributed by atoms with van der Waals surface area (Å²) in [5.41, 5.74) is 0.344. The number of nitriles is 1. The molecule has 4 nitrogen and oxygen atoms in total. The Morgan fingerprint density at radius 3 is 1.79 bits per heavy atom. The summed E-state index contributed by atoms with van der Waals surface area (Å²) in [4.78, 5) is 13.6. The van der Waals surface area contributed by atoms with Crippen LogP contribution in [0.25, 0.3) is 0 Å². The van der Waals surface area contributed by atoms with Crippen LogP contribution >= 0.6 is 6.19 Å². The van der Waals surface area contributed by atoms with Gasteiger partial charge in [0.2, 0.25) is 0 Å². The molecule has 0 spiro atoms. The van der Waals surface area contributed by atoms with Crippen LogP contribution in [-0.2, 0) is 32.3 Å². The molecule has 1 N–H and O–H groups in total. The van der Waals surface area contributed by atoms with Gasteiger partial charge in [-0.15, -0.1) is 0 Å². The first-order valence-corrected chi connectivity index (χ1v) is 14.1. The number of carbonyl (C=O) groups is 1. The maximum absolute atomic E-state index is 13.6. The summed E-state index contributed by atoms with van der Waals surface area (Å²) in [6.07, 6.45) is -2.84. The molecular formula is C28H31N2O2PS. The zero-order valence-electron chi connectivity index (χ0n) is 20.1. The van der Waals surface area contributed by atoms with Crippen molar-refractivity contribution >= 4 is 34.6 Å². The third-order valence-electron chi connectivity index (χ3n) is 5.80. The molecule has 0 saturated heterocycles. The molecule has 3 aromatic rings. The zero-order chi connectivity index (χ0) is 24.8. The number of nitrogens with zero attached hydrogens (tertiary/aromatic N) is 1. The molecule has 0 amide bonds. The van der Waals surface area contributed by atoms with Crippen molar-refractivity contribution in [2.24, 2.45) is 0 Å². The summed E-state index contributed by atoms with van der Waals surface area (Å²) < 4.78 is 5.55. The van der Waals surface area contributed by atoms with Crippen LogP contribution in [0, 0.1) is 11.3 Å². The van der Waals surface area contributed by atoms with Crippen LogP contribution in [0.3, 0.4) is 0 Å². The van der Waals surface area contributed by atoms with Crippen LogP contribution in [0.15, 0.2) is 84.9 Å². The number of benzene rings is 3. The molecule has 0 radical (unpaired) electrons. The largest absolute Gasteiger partial charge is 0.464 e. The van der Waals surface area contributed by atoms with Gasteiger partial charge in [0.15, 0.2) is 5.54 Å². The van der Waals surface area contributed by atoms with Crippen LogP contribution in [0.2, 0.25) is 0 Å². The molecule has 0 saturated carbocycles.